The number of hydrogen-bond donors (Lipinski definition) is 1. The molecule has 3 heterocycles. The summed E-state index contributed by atoms with van der Waals surface area (Å²) >= 11 is 7.80. The molecule has 1 N–H and O–H groups in total. The van der Waals surface area contributed by atoms with E-state index in [0.29, 0.717) is 32.2 Å². The van der Waals surface area contributed by atoms with Crippen LogP contribution in [0, 0.1) is 0 Å². The average Bonchev–Trinajstić information content (AvgIpc) is 3.51. The quantitative estimate of drug-likeness (QED) is 0.0910. The number of ether oxygens (including phenoxy) is 1. The van der Waals surface area contributed by atoms with Crippen molar-refractivity contribution in [3.63, 3.8) is 0 Å². The molecule has 0 bridgehead atoms. The largest absolute Gasteiger partial charge is 1.00 e. The first-order chi connectivity index (χ1) is 14.9. The van der Waals surface area contributed by atoms with Gasteiger partial charge in [0.15, 0.2) is 0 Å². The molecule has 3 fully saturated rings. The van der Waals surface area contributed by atoms with Gasteiger partial charge in [0.05, 0.1) is 36.9 Å². The van der Waals surface area contributed by atoms with Gasteiger partial charge in [-0.2, -0.15) is 8.61 Å². The predicted molar refractivity (Wildman–Crippen MR) is 128 cm³/mol. The Balaban J connectivity index is -0.000000424. The van der Waals surface area contributed by atoms with Crippen molar-refractivity contribution in [2.45, 2.75) is 37.2 Å². The number of piperidine rings is 2. The van der Waals surface area contributed by atoms with Crippen LogP contribution in [0.3, 0.4) is 0 Å². The first kappa shape index (κ1) is 39.7. The van der Waals surface area contributed by atoms with Crippen molar-refractivity contribution in [1.82, 2.24) is 8.61 Å². The Kier molecular flexibility index (Phi) is 25.4. The molecule has 188 valence electrons. The van der Waals surface area contributed by atoms with Gasteiger partial charge in [-0.25, -0.2) is 16.8 Å². The van der Waals surface area contributed by atoms with Crippen molar-refractivity contribution in [2.24, 2.45) is 5.11 Å². The van der Waals surface area contributed by atoms with Crippen molar-refractivity contribution in [3.05, 3.63) is 26.4 Å². The van der Waals surface area contributed by atoms with E-state index in [1.165, 1.54) is 19.8 Å². The first-order valence-corrected chi connectivity index (χ1v) is 27.6. The summed E-state index contributed by atoms with van der Waals surface area (Å²) in [5.41, 5.74) is 21.7. The van der Waals surface area contributed by atoms with Gasteiger partial charge in [-0.1, -0.05) is 5.11 Å². The molecule has 0 unspecified atom stereocenters. The minimum absolute atomic E-state index is 0. The van der Waals surface area contributed by atoms with Gasteiger partial charge in [-0.15, -0.1) is 0 Å². The Hall–Kier alpha value is 2.14. The fourth-order valence-corrected chi connectivity index (χ4v) is 4.57. The molecule has 0 aliphatic carbocycles. The Morgan fingerprint density at radius 1 is 0.939 bits per heavy atom. The van der Waals surface area contributed by atoms with E-state index in [2.05, 4.69) is 49.1 Å². The molecule has 33 heavy (non-hydrogen) atoms. The van der Waals surface area contributed by atoms with Crippen molar-refractivity contribution < 1.29 is 87.4 Å². The van der Waals surface area contributed by atoms with Crippen LogP contribution < -0.4 is 29.6 Å². The predicted octanol–water partition coefficient (Wildman–Crippen LogP) is -1.25. The molecule has 0 aromatic carbocycles. The maximum atomic E-state index is 11.1. The van der Waals surface area contributed by atoms with Crippen molar-refractivity contribution >= 4 is 59.1 Å². The number of fused-ring (bicyclic) bond motifs is 1. The molecule has 3 rings (SSSR count). The molecule has 0 spiro atoms. The first-order valence-electron chi connectivity index (χ1n) is 8.49. The Bertz CT molecular complexity index is 849. The summed E-state index contributed by atoms with van der Waals surface area (Å²) in [6.45, 7) is 1.48. The number of azide groups is 1. The standard InChI is InChI=1S/C6H12N4O3S.C6H11NO3S.2HI.N3.Na.2Re/c1-14(12,13)10-3-2-5(8-9-7)6(11)4-10;1-11(8,9)7-3-2-5-6(4-7)10-5;;;1-3-2;;;/h5-6,11H,2-4H2,1H3;5-6H,2-4H2,1H3;2*1H;;;;/q;;;;-1;3*+1/p-2/t5-,6-;5-,6+;;;;;;/m11....../s1. The van der Waals surface area contributed by atoms with Crippen LogP contribution in [0.5, 0.6) is 0 Å². The van der Waals surface area contributed by atoms with E-state index in [4.69, 9.17) is 21.3 Å². The van der Waals surface area contributed by atoms with E-state index in [0.717, 1.165) is 12.7 Å². The van der Waals surface area contributed by atoms with Crippen LogP contribution in [0.4, 0.5) is 0 Å². The average molecular weight is 1090 g/mol. The summed E-state index contributed by atoms with van der Waals surface area (Å²) in [5, 5.41) is 12.9. The number of aliphatic hydroxyl groups is 1. The molecular formula is C12H23I2N8NaO6Re2S2. The molecule has 14 nitrogen and oxygen atoms in total. The third-order valence-corrected chi connectivity index (χ3v) is 6.92. The van der Waals surface area contributed by atoms with Gasteiger partial charge >= 0.3 is 99.8 Å². The zero-order valence-electron chi connectivity index (χ0n) is 17.9. The van der Waals surface area contributed by atoms with Gasteiger partial charge < -0.3 is 20.9 Å². The topological polar surface area (TPSA) is 215 Å². The van der Waals surface area contributed by atoms with Crippen LogP contribution >= 0.6 is 39.0 Å². The molecule has 0 radical (unpaired) electrons. The van der Waals surface area contributed by atoms with Gasteiger partial charge in [0.25, 0.3) is 0 Å². The summed E-state index contributed by atoms with van der Waals surface area (Å²) in [7, 11) is -6.24. The van der Waals surface area contributed by atoms with Gasteiger partial charge in [-0.3, -0.25) is 4.91 Å². The van der Waals surface area contributed by atoms with E-state index in [1.807, 2.05) is 0 Å². The molecule has 0 saturated carbocycles. The number of aliphatic hydroxyl groups excluding tert-OH is 1. The number of epoxide rings is 1. The number of hydrogen-bond acceptors (Lipinski definition) is 7. The minimum atomic E-state index is -3.26. The second kappa shape index (κ2) is 21.1. The minimum Gasteiger partial charge on any atom is -0.373 e. The fraction of sp³-hybridized carbons (Fsp3) is 1.00. The van der Waals surface area contributed by atoms with Gasteiger partial charge in [0.1, 0.15) is 0 Å². The third kappa shape index (κ3) is 17.3. The van der Waals surface area contributed by atoms with E-state index in [-0.39, 0.29) is 42.2 Å². The fourth-order valence-electron chi connectivity index (χ4n) is 2.85. The van der Waals surface area contributed by atoms with Crippen molar-refractivity contribution in [2.75, 3.05) is 38.7 Å². The van der Waals surface area contributed by atoms with E-state index in [9.17, 15) is 21.9 Å². The van der Waals surface area contributed by atoms with Gasteiger partial charge in [0, 0.05) is 31.1 Å². The molecule has 0 amide bonds. The zero-order valence-corrected chi connectivity index (χ0v) is 31.3. The molecular weight excluding hydrogens is 1070 g/mol. The number of nitrogens with zero attached hydrogens (tertiary/aromatic N) is 8. The summed E-state index contributed by atoms with van der Waals surface area (Å²) in [6, 6.07) is -0.516. The third-order valence-electron chi connectivity index (χ3n) is 4.38. The molecule has 0 aromatic rings. The van der Waals surface area contributed by atoms with Crippen molar-refractivity contribution in [3.8, 4) is 0 Å². The number of halogens is 2. The summed E-state index contributed by atoms with van der Waals surface area (Å²) < 4.78 is 52.1. The normalized spacial score (nSPS) is 25.9. The van der Waals surface area contributed by atoms with Gasteiger partial charge in [0.2, 0.25) is 20.0 Å². The summed E-state index contributed by atoms with van der Waals surface area (Å²) in [4.78, 5) is 4.09. The smallest absolute Gasteiger partial charge is 0.373 e. The van der Waals surface area contributed by atoms with E-state index in [1.54, 1.807) is 31.2 Å². The Labute approximate surface area is 258 Å². The number of rotatable bonds is 3. The van der Waals surface area contributed by atoms with E-state index >= 15 is 0 Å². The van der Waals surface area contributed by atoms with Crippen LogP contribution in [-0.2, 0) is 56.0 Å². The molecule has 0 aromatic heterocycles. The van der Waals surface area contributed by atoms with Crippen LogP contribution in [0.2, 0.25) is 0 Å². The zero-order chi connectivity index (χ0) is 25.5. The number of sulfonamides is 2. The second-order valence-corrected chi connectivity index (χ2v) is 10.4. The SMILES string of the molecule is CS(=O)(=O)N1CC[C@@H](N=[N+]=[N-])[C@H](O)C1.CS(=O)(=O)N1CC[C@H]2O[C@H]2C1.[I][Re].[I][Re].[N-]=[N+]=[N-].[Na+]. The summed E-state index contributed by atoms with van der Waals surface area (Å²) in [5.74, 6) is 0. The number of β-amino-alcohol motifs (C(OH)–C–C–N with tert-alkyl or cyclic N) is 1. The Morgan fingerprint density at radius 2 is 1.36 bits per heavy atom. The maximum absolute atomic E-state index is 11.1. The molecule has 4 atom stereocenters. The monoisotopic (exact) mass is 1090 g/mol. The Morgan fingerprint density at radius 3 is 1.73 bits per heavy atom. The van der Waals surface area contributed by atoms with Crippen LogP contribution in [0.15, 0.2) is 5.11 Å². The van der Waals surface area contributed by atoms with Crippen LogP contribution in [0.1, 0.15) is 12.8 Å². The molecule has 3 saturated heterocycles. The molecule has 3 aliphatic heterocycles. The summed E-state index contributed by atoms with van der Waals surface area (Å²) in [6.07, 6.45) is 3.19. The van der Waals surface area contributed by atoms with Gasteiger partial charge in [-0.05, 0) is 18.4 Å². The van der Waals surface area contributed by atoms with Crippen LogP contribution in [0.25, 0.3) is 26.4 Å². The van der Waals surface area contributed by atoms with Crippen LogP contribution in [-0.4, -0.2) is 93.6 Å². The van der Waals surface area contributed by atoms with Crippen molar-refractivity contribution in [1.29, 1.82) is 0 Å². The van der Waals surface area contributed by atoms with E-state index < -0.39 is 32.2 Å². The molecule has 3 aliphatic rings. The maximum Gasteiger partial charge on any atom is 1.00 e. The molecule has 21 heteroatoms. The second-order valence-electron chi connectivity index (χ2n) is 6.46.